The topological polar surface area (TPSA) is 169 Å². The maximum absolute atomic E-state index is 13.0. The summed E-state index contributed by atoms with van der Waals surface area (Å²) < 4.78 is 11.1. The number of rotatable bonds is 33. The Morgan fingerprint density at radius 1 is 0.660 bits per heavy atom. The molecule has 0 radical (unpaired) electrons. The van der Waals surface area contributed by atoms with Crippen LogP contribution in [0.3, 0.4) is 0 Å². The van der Waals surface area contributed by atoms with Gasteiger partial charge in [-0.15, -0.1) is 0 Å². The SMILES string of the molecule is CCCCCCCCCC=CCCCCC(O)C(COC1OC(CO)C(O)C(O)C1O)NC(=O)C(O)CCCCCCCCCCCCCC. The van der Waals surface area contributed by atoms with Gasteiger partial charge < -0.3 is 45.4 Å². The third kappa shape index (κ3) is 22.1. The molecule has 8 atom stereocenters. The highest BCUT2D eigenvalue weighted by Crippen LogP contribution is 2.23. The molecule has 1 amide bonds. The molecular formula is C40H77NO9. The van der Waals surface area contributed by atoms with Gasteiger partial charge in [0.1, 0.15) is 30.5 Å². The molecule has 7 N–H and O–H groups in total. The lowest BCUT2D eigenvalue weighted by molar-refractivity contribution is -0.302. The van der Waals surface area contributed by atoms with Gasteiger partial charge in [0.15, 0.2) is 6.29 Å². The normalized spacial score (nSPS) is 22.9. The van der Waals surface area contributed by atoms with Crippen LogP contribution in [0.15, 0.2) is 12.2 Å². The molecule has 50 heavy (non-hydrogen) atoms. The molecule has 1 saturated heterocycles. The summed E-state index contributed by atoms with van der Waals surface area (Å²) in [5.74, 6) is -0.595. The summed E-state index contributed by atoms with van der Waals surface area (Å²) in [6, 6.07) is -0.903. The second kappa shape index (κ2) is 31.4. The number of nitrogens with one attached hydrogen (secondary N) is 1. The quantitative estimate of drug-likeness (QED) is 0.0302. The second-order valence-corrected chi connectivity index (χ2v) is 14.6. The zero-order valence-electron chi connectivity index (χ0n) is 31.8. The first-order valence-corrected chi connectivity index (χ1v) is 20.5. The van der Waals surface area contributed by atoms with Gasteiger partial charge in [0.05, 0.1) is 25.4 Å². The van der Waals surface area contributed by atoms with Crippen molar-refractivity contribution in [3.8, 4) is 0 Å². The van der Waals surface area contributed by atoms with Gasteiger partial charge in [-0.05, 0) is 38.5 Å². The van der Waals surface area contributed by atoms with E-state index in [0.717, 1.165) is 51.4 Å². The fourth-order valence-electron chi connectivity index (χ4n) is 6.51. The molecule has 1 fully saturated rings. The molecule has 296 valence electrons. The standard InChI is InChI=1S/C40H77NO9/c1-3-5-7-9-11-13-15-17-19-20-22-24-26-28-33(43)32(31-49-40-38(47)37(46)36(45)35(30-42)50-40)41-39(48)34(44)29-27-25-23-21-18-16-14-12-10-8-6-4-2/h19-20,32-38,40,42-47H,3-18,21-31H2,1-2H3,(H,41,48). The van der Waals surface area contributed by atoms with E-state index in [-0.39, 0.29) is 6.61 Å². The van der Waals surface area contributed by atoms with Gasteiger partial charge in [-0.2, -0.15) is 0 Å². The molecule has 1 aliphatic heterocycles. The summed E-state index contributed by atoms with van der Waals surface area (Å²) in [5.41, 5.74) is 0. The number of allylic oxidation sites excluding steroid dienone is 2. The number of carbonyl (C=O) groups excluding carboxylic acids is 1. The van der Waals surface area contributed by atoms with E-state index in [1.165, 1.54) is 96.3 Å². The van der Waals surface area contributed by atoms with Gasteiger partial charge in [0, 0.05) is 0 Å². The van der Waals surface area contributed by atoms with Crippen LogP contribution in [0.2, 0.25) is 0 Å². The maximum Gasteiger partial charge on any atom is 0.249 e. The molecule has 0 bridgehead atoms. The van der Waals surface area contributed by atoms with Crippen LogP contribution in [0, 0.1) is 0 Å². The number of amides is 1. The van der Waals surface area contributed by atoms with Gasteiger partial charge in [0.2, 0.25) is 5.91 Å². The lowest BCUT2D eigenvalue weighted by Gasteiger charge is -2.40. The van der Waals surface area contributed by atoms with Crippen molar-refractivity contribution in [1.82, 2.24) is 5.32 Å². The molecule has 0 aliphatic carbocycles. The monoisotopic (exact) mass is 716 g/mol. The number of aliphatic hydroxyl groups excluding tert-OH is 6. The fourth-order valence-corrected chi connectivity index (χ4v) is 6.51. The third-order valence-corrected chi connectivity index (χ3v) is 9.98. The van der Waals surface area contributed by atoms with Crippen molar-refractivity contribution >= 4 is 5.91 Å². The smallest absolute Gasteiger partial charge is 0.249 e. The van der Waals surface area contributed by atoms with Crippen molar-refractivity contribution in [1.29, 1.82) is 0 Å². The Kier molecular flexibility index (Phi) is 29.5. The molecular weight excluding hydrogens is 638 g/mol. The molecule has 0 aromatic heterocycles. The number of carbonyl (C=O) groups is 1. The first kappa shape index (κ1) is 46.9. The molecule has 0 aromatic rings. The highest BCUT2D eigenvalue weighted by Gasteiger charge is 2.44. The fraction of sp³-hybridized carbons (Fsp3) is 0.925. The number of ether oxygens (including phenoxy) is 2. The molecule has 8 unspecified atom stereocenters. The molecule has 10 nitrogen and oxygen atoms in total. The Morgan fingerprint density at radius 2 is 1.12 bits per heavy atom. The molecule has 1 rings (SSSR count). The van der Waals surface area contributed by atoms with E-state index in [2.05, 4.69) is 31.3 Å². The van der Waals surface area contributed by atoms with Crippen LogP contribution >= 0.6 is 0 Å². The van der Waals surface area contributed by atoms with Crippen LogP contribution in [-0.2, 0) is 14.3 Å². The van der Waals surface area contributed by atoms with Gasteiger partial charge in [0.25, 0.3) is 0 Å². The van der Waals surface area contributed by atoms with Crippen molar-refractivity contribution in [2.24, 2.45) is 0 Å². The van der Waals surface area contributed by atoms with Crippen molar-refractivity contribution in [3.63, 3.8) is 0 Å². The van der Waals surface area contributed by atoms with Gasteiger partial charge >= 0.3 is 0 Å². The third-order valence-electron chi connectivity index (χ3n) is 9.98. The van der Waals surface area contributed by atoms with E-state index in [9.17, 15) is 35.4 Å². The van der Waals surface area contributed by atoms with Crippen molar-refractivity contribution in [2.45, 2.75) is 223 Å². The molecule has 0 spiro atoms. The van der Waals surface area contributed by atoms with Crippen molar-refractivity contribution in [3.05, 3.63) is 12.2 Å². The highest BCUT2D eigenvalue weighted by molar-refractivity contribution is 5.80. The molecule has 0 saturated carbocycles. The molecule has 1 heterocycles. The minimum Gasteiger partial charge on any atom is -0.394 e. The van der Waals surface area contributed by atoms with Crippen LogP contribution in [-0.4, -0.2) is 98.7 Å². The average molecular weight is 716 g/mol. The first-order chi connectivity index (χ1) is 24.3. The van der Waals surface area contributed by atoms with E-state index in [0.29, 0.717) is 12.8 Å². The van der Waals surface area contributed by atoms with Crippen LogP contribution in [0.4, 0.5) is 0 Å². The van der Waals surface area contributed by atoms with Crippen molar-refractivity contribution in [2.75, 3.05) is 13.2 Å². The summed E-state index contributed by atoms with van der Waals surface area (Å²) >= 11 is 0. The van der Waals surface area contributed by atoms with E-state index < -0.39 is 61.5 Å². The van der Waals surface area contributed by atoms with E-state index >= 15 is 0 Å². The predicted molar refractivity (Wildman–Crippen MR) is 200 cm³/mol. The minimum absolute atomic E-state index is 0.265. The minimum atomic E-state index is -1.60. The molecule has 10 heteroatoms. The zero-order valence-corrected chi connectivity index (χ0v) is 31.8. The summed E-state index contributed by atoms with van der Waals surface area (Å²) in [6.45, 7) is 3.61. The molecule has 1 aliphatic rings. The Labute approximate surface area is 304 Å². The summed E-state index contributed by atoms with van der Waals surface area (Å²) in [5, 5.41) is 64.5. The average Bonchev–Trinajstić information content (AvgIpc) is 3.11. The van der Waals surface area contributed by atoms with Crippen LogP contribution in [0.5, 0.6) is 0 Å². The van der Waals surface area contributed by atoms with Crippen LogP contribution in [0.1, 0.15) is 174 Å². The van der Waals surface area contributed by atoms with E-state index in [4.69, 9.17) is 9.47 Å². The van der Waals surface area contributed by atoms with Crippen LogP contribution < -0.4 is 5.32 Å². The summed E-state index contributed by atoms with van der Waals surface area (Å²) in [4.78, 5) is 13.0. The zero-order chi connectivity index (χ0) is 36.8. The Morgan fingerprint density at radius 3 is 1.64 bits per heavy atom. The summed E-state index contributed by atoms with van der Waals surface area (Å²) in [7, 11) is 0. The number of hydrogen-bond donors (Lipinski definition) is 7. The first-order valence-electron chi connectivity index (χ1n) is 20.5. The molecule has 0 aromatic carbocycles. The van der Waals surface area contributed by atoms with Gasteiger partial charge in [-0.1, -0.05) is 148 Å². The summed E-state index contributed by atoms with van der Waals surface area (Å²) in [6.07, 6.45) is 22.6. The van der Waals surface area contributed by atoms with Gasteiger partial charge in [-0.25, -0.2) is 0 Å². The Hall–Kier alpha value is -1.11. The number of aliphatic hydroxyl groups is 6. The lowest BCUT2D eigenvalue weighted by atomic mass is 9.99. The maximum atomic E-state index is 13.0. The highest BCUT2D eigenvalue weighted by atomic mass is 16.7. The van der Waals surface area contributed by atoms with Crippen molar-refractivity contribution < 1.29 is 44.9 Å². The number of unbranched alkanes of at least 4 members (excludes halogenated alkanes) is 20. The van der Waals surface area contributed by atoms with Crippen LogP contribution in [0.25, 0.3) is 0 Å². The Bertz CT molecular complexity index is 814. The lowest BCUT2D eigenvalue weighted by Crippen LogP contribution is -2.60. The number of hydrogen-bond acceptors (Lipinski definition) is 9. The van der Waals surface area contributed by atoms with E-state index in [1.54, 1.807) is 0 Å². The largest absolute Gasteiger partial charge is 0.394 e. The Balaban J connectivity index is 2.49. The van der Waals surface area contributed by atoms with E-state index in [1.807, 2.05) is 0 Å². The van der Waals surface area contributed by atoms with Gasteiger partial charge in [-0.3, -0.25) is 4.79 Å². The predicted octanol–water partition coefficient (Wildman–Crippen LogP) is 6.36. The second-order valence-electron chi connectivity index (χ2n) is 14.6.